The van der Waals surface area contributed by atoms with E-state index >= 15 is 0 Å². The lowest BCUT2D eigenvalue weighted by molar-refractivity contribution is -0.130. The normalized spacial score (nSPS) is 13.2. The number of fused-ring (bicyclic) bond motifs is 1. The van der Waals surface area contributed by atoms with Gasteiger partial charge in [-0.15, -0.1) is 12.4 Å². The van der Waals surface area contributed by atoms with Gasteiger partial charge in [-0.05, 0) is 60.8 Å². The number of carbonyl (C=O) groups is 1. The molecule has 1 aliphatic rings. The first-order chi connectivity index (χ1) is 15.5. The zero-order valence-electron chi connectivity index (χ0n) is 20.2. The monoisotopic (exact) mass is 478 g/mol. The molecule has 8 heteroatoms. The molecule has 0 radical (unpaired) electrons. The Balaban J connectivity index is 0.00000385. The van der Waals surface area contributed by atoms with Crippen LogP contribution in [-0.4, -0.2) is 77.4 Å². The summed E-state index contributed by atoms with van der Waals surface area (Å²) >= 11 is 0. The molecule has 0 atom stereocenters. The Hall–Kier alpha value is -2.64. The van der Waals surface area contributed by atoms with Crippen molar-refractivity contribution in [3.63, 3.8) is 0 Å². The number of ether oxygens (including phenoxy) is 4. The second-order valence-electron chi connectivity index (χ2n) is 8.03. The molecule has 7 nitrogen and oxygen atoms in total. The fourth-order valence-electron chi connectivity index (χ4n) is 4.01. The fraction of sp³-hybridized carbons (Fsp3) is 0.480. The molecule has 33 heavy (non-hydrogen) atoms. The fourth-order valence-corrected chi connectivity index (χ4v) is 4.01. The van der Waals surface area contributed by atoms with E-state index in [1.54, 1.807) is 28.4 Å². The van der Waals surface area contributed by atoms with Crippen LogP contribution in [0.4, 0.5) is 0 Å². The predicted octanol–water partition coefficient (Wildman–Crippen LogP) is 3.24. The topological polar surface area (TPSA) is 60.5 Å². The van der Waals surface area contributed by atoms with Gasteiger partial charge >= 0.3 is 0 Å². The van der Waals surface area contributed by atoms with Gasteiger partial charge in [0.1, 0.15) is 0 Å². The zero-order chi connectivity index (χ0) is 23.1. The van der Waals surface area contributed by atoms with E-state index < -0.39 is 0 Å². The predicted molar refractivity (Wildman–Crippen MR) is 132 cm³/mol. The van der Waals surface area contributed by atoms with Gasteiger partial charge in [-0.1, -0.05) is 6.07 Å². The lowest BCUT2D eigenvalue weighted by atomic mass is 10.0. The zero-order valence-corrected chi connectivity index (χ0v) is 21.0. The summed E-state index contributed by atoms with van der Waals surface area (Å²) in [6, 6.07) is 9.95. The first-order valence-corrected chi connectivity index (χ1v) is 10.9. The summed E-state index contributed by atoms with van der Waals surface area (Å²) in [5.41, 5.74) is 3.37. The number of amides is 1. The van der Waals surface area contributed by atoms with Gasteiger partial charge in [-0.3, -0.25) is 4.79 Å². The second-order valence-corrected chi connectivity index (χ2v) is 8.03. The van der Waals surface area contributed by atoms with Gasteiger partial charge in [0.15, 0.2) is 23.0 Å². The van der Waals surface area contributed by atoms with Crippen LogP contribution in [0.15, 0.2) is 30.3 Å². The Labute approximate surface area is 203 Å². The van der Waals surface area contributed by atoms with E-state index in [-0.39, 0.29) is 18.3 Å². The molecule has 0 spiro atoms. The van der Waals surface area contributed by atoms with Crippen LogP contribution >= 0.6 is 12.4 Å². The molecular formula is C25H35ClN2O5. The third-order valence-corrected chi connectivity index (χ3v) is 6.03. The highest BCUT2D eigenvalue weighted by molar-refractivity contribution is 5.85. The van der Waals surface area contributed by atoms with Gasteiger partial charge in [0.05, 0.1) is 34.9 Å². The first-order valence-electron chi connectivity index (χ1n) is 10.9. The molecule has 0 aromatic heterocycles. The lowest BCUT2D eigenvalue weighted by Gasteiger charge is -2.24. The van der Waals surface area contributed by atoms with Crippen LogP contribution in [-0.2, 0) is 24.1 Å². The first kappa shape index (κ1) is 26.6. The SMILES string of the molecule is COc1ccc(CCN(C)CCN2CCc3cc(OC)c(OC)cc3CC2=O)cc1OC.Cl. The molecule has 0 saturated carbocycles. The van der Waals surface area contributed by atoms with Crippen LogP contribution in [0.1, 0.15) is 16.7 Å². The van der Waals surface area contributed by atoms with Crippen LogP contribution in [0.3, 0.4) is 0 Å². The molecule has 182 valence electrons. The molecule has 2 aromatic carbocycles. The maximum atomic E-state index is 12.9. The average Bonchev–Trinajstić information content (AvgIpc) is 2.97. The maximum Gasteiger partial charge on any atom is 0.227 e. The lowest BCUT2D eigenvalue weighted by Crippen LogP contribution is -2.38. The van der Waals surface area contributed by atoms with Gasteiger partial charge < -0.3 is 28.7 Å². The number of benzene rings is 2. The van der Waals surface area contributed by atoms with Crippen molar-refractivity contribution < 1.29 is 23.7 Å². The summed E-state index contributed by atoms with van der Waals surface area (Å²) in [5, 5.41) is 0. The summed E-state index contributed by atoms with van der Waals surface area (Å²) in [5.74, 6) is 3.02. The molecule has 1 amide bonds. The average molecular weight is 479 g/mol. The summed E-state index contributed by atoms with van der Waals surface area (Å²) < 4.78 is 21.5. The number of methoxy groups -OCH3 is 4. The van der Waals surface area contributed by atoms with Crippen molar-refractivity contribution >= 4 is 18.3 Å². The third kappa shape index (κ3) is 6.68. The minimum Gasteiger partial charge on any atom is -0.493 e. The largest absolute Gasteiger partial charge is 0.493 e. The van der Waals surface area contributed by atoms with E-state index in [1.165, 1.54) is 5.56 Å². The second kappa shape index (κ2) is 12.6. The van der Waals surface area contributed by atoms with E-state index in [9.17, 15) is 4.79 Å². The summed E-state index contributed by atoms with van der Waals surface area (Å²) in [7, 11) is 8.63. The highest BCUT2D eigenvalue weighted by atomic mass is 35.5. The molecular weight excluding hydrogens is 444 g/mol. The van der Waals surface area contributed by atoms with Gasteiger partial charge in [-0.25, -0.2) is 0 Å². The molecule has 0 saturated heterocycles. The summed E-state index contributed by atoms with van der Waals surface area (Å²) in [4.78, 5) is 17.1. The number of carbonyl (C=O) groups excluding carboxylic acids is 1. The minimum atomic E-state index is 0. The summed E-state index contributed by atoms with van der Waals surface area (Å²) in [6.45, 7) is 3.14. The Morgan fingerprint density at radius 1 is 0.848 bits per heavy atom. The molecule has 0 bridgehead atoms. The van der Waals surface area contributed by atoms with Gasteiger partial charge in [0, 0.05) is 26.2 Å². The van der Waals surface area contributed by atoms with Crippen LogP contribution in [0, 0.1) is 0 Å². The molecule has 0 N–H and O–H groups in total. The van der Waals surface area contributed by atoms with E-state index in [4.69, 9.17) is 18.9 Å². The number of halogens is 1. The molecule has 1 aliphatic heterocycles. The maximum absolute atomic E-state index is 12.9. The van der Waals surface area contributed by atoms with E-state index in [0.717, 1.165) is 48.6 Å². The van der Waals surface area contributed by atoms with Crippen molar-refractivity contribution in [1.29, 1.82) is 0 Å². The third-order valence-electron chi connectivity index (χ3n) is 6.03. The van der Waals surface area contributed by atoms with Gasteiger partial charge in [0.2, 0.25) is 5.91 Å². The Kier molecular flexibility index (Phi) is 10.1. The highest BCUT2D eigenvalue weighted by Crippen LogP contribution is 2.32. The van der Waals surface area contributed by atoms with Crippen molar-refractivity contribution in [3.05, 3.63) is 47.0 Å². The summed E-state index contributed by atoms with van der Waals surface area (Å²) in [6.07, 6.45) is 2.11. The minimum absolute atomic E-state index is 0. The van der Waals surface area contributed by atoms with Gasteiger partial charge in [0.25, 0.3) is 0 Å². The molecule has 0 aliphatic carbocycles. The molecule has 2 aromatic rings. The van der Waals surface area contributed by atoms with Crippen LogP contribution in [0.5, 0.6) is 23.0 Å². The molecule has 1 heterocycles. The highest BCUT2D eigenvalue weighted by Gasteiger charge is 2.22. The smallest absolute Gasteiger partial charge is 0.227 e. The number of hydrogen-bond acceptors (Lipinski definition) is 6. The Bertz CT molecular complexity index is 937. The quantitative estimate of drug-likeness (QED) is 0.522. The van der Waals surface area contributed by atoms with Crippen molar-refractivity contribution in [3.8, 4) is 23.0 Å². The van der Waals surface area contributed by atoms with Crippen molar-refractivity contribution in [2.75, 3.05) is 61.7 Å². The van der Waals surface area contributed by atoms with Crippen molar-refractivity contribution in [2.24, 2.45) is 0 Å². The molecule has 3 rings (SSSR count). The van der Waals surface area contributed by atoms with Crippen LogP contribution in [0.25, 0.3) is 0 Å². The van der Waals surface area contributed by atoms with Crippen LogP contribution in [0.2, 0.25) is 0 Å². The van der Waals surface area contributed by atoms with Crippen LogP contribution < -0.4 is 18.9 Å². The molecule has 0 fully saturated rings. The number of rotatable bonds is 10. The van der Waals surface area contributed by atoms with E-state index in [2.05, 4.69) is 18.0 Å². The number of nitrogens with zero attached hydrogens (tertiary/aromatic N) is 2. The van der Waals surface area contributed by atoms with Crippen molar-refractivity contribution in [2.45, 2.75) is 19.3 Å². The molecule has 0 unspecified atom stereocenters. The standard InChI is InChI=1S/C25H34N2O5.ClH/c1-26(10-8-18-6-7-21(29-2)22(14-18)30-3)12-13-27-11-9-19-15-23(31-4)24(32-5)16-20(19)17-25(27)28;/h6-7,14-16H,8-13,17H2,1-5H3;1H. The van der Waals surface area contributed by atoms with Crippen molar-refractivity contribution in [1.82, 2.24) is 9.80 Å². The van der Waals surface area contributed by atoms with Gasteiger partial charge in [-0.2, -0.15) is 0 Å². The number of hydrogen-bond donors (Lipinski definition) is 0. The van der Waals surface area contributed by atoms with E-state index in [1.807, 2.05) is 29.2 Å². The Morgan fingerprint density at radius 3 is 2.09 bits per heavy atom. The Morgan fingerprint density at radius 2 is 1.45 bits per heavy atom. The van der Waals surface area contributed by atoms with E-state index in [0.29, 0.717) is 31.0 Å². The number of likely N-dealkylation sites (N-methyl/N-ethyl adjacent to an activating group) is 1.